The molecular formula is C10H20O2P+. The van der Waals surface area contributed by atoms with E-state index in [9.17, 15) is 9.67 Å². The van der Waals surface area contributed by atoms with E-state index >= 15 is 0 Å². The molecule has 3 heteroatoms. The molecule has 0 saturated heterocycles. The first-order valence-corrected chi connectivity index (χ1v) is 6.74. The van der Waals surface area contributed by atoms with Crippen LogP contribution in [0.1, 0.15) is 39.5 Å². The molecule has 0 radical (unpaired) electrons. The summed E-state index contributed by atoms with van der Waals surface area (Å²) in [5.74, 6) is 0.484. The summed E-state index contributed by atoms with van der Waals surface area (Å²) in [5, 5.41) is 9.67. The SMILES string of the molecule is CC(C)C[P+](=O)C1CCCCC1O. The van der Waals surface area contributed by atoms with Gasteiger partial charge in [0.05, 0.1) is 0 Å². The maximum atomic E-state index is 11.8. The molecule has 1 saturated carbocycles. The molecule has 3 unspecified atom stereocenters. The molecule has 0 spiro atoms. The van der Waals surface area contributed by atoms with E-state index < -0.39 is 7.80 Å². The third-order valence-electron chi connectivity index (χ3n) is 2.61. The highest BCUT2D eigenvalue weighted by molar-refractivity contribution is 7.45. The molecule has 1 rings (SSSR count). The predicted octanol–water partition coefficient (Wildman–Crippen LogP) is 2.77. The van der Waals surface area contributed by atoms with Gasteiger partial charge in [-0.3, -0.25) is 0 Å². The minimum atomic E-state index is -1.18. The standard InChI is InChI=1S/C10H20O2P/c1-8(2)7-13(12)10-6-4-3-5-9(10)11/h8-11H,3-7H2,1-2H3/q+1. The number of hydrogen-bond donors (Lipinski definition) is 1. The van der Waals surface area contributed by atoms with E-state index in [1.165, 1.54) is 0 Å². The lowest BCUT2D eigenvalue weighted by atomic mass is 9.97. The smallest absolute Gasteiger partial charge is 0.344 e. The van der Waals surface area contributed by atoms with Crippen LogP contribution in [0.3, 0.4) is 0 Å². The summed E-state index contributed by atoms with van der Waals surface area (Å²) in [6.07, 6.45) is 4.53. The average Bonchev–Trinajstić information content (AvgIpc) is 2.03. The fraction of sp³-hybridized carbons (Fsp3) is 1.00. The van der Waals surface area contributed by atoms with Crippen molar-refractivity contribution in [3.8, 4) is 0 Å². The van der Waals surface area contributed by atoms with Gasteiger partial charge in [-0.05, 0) is 25.2 Å². The van der Waals surface area contributed by atoms with Crippen molar-refractivity contribution in [2.45, 2.75) is 51.3 Å². The van der Waals surface area contributed by atoms with Crippen LogP contribution in [0, 0.1) is 5.92 Å². The summed E-state index contributed by atoms with van der Waals surface area (Å²) >= 11 is 0. The molecule has 3 atom stereocenters. The Kier molecular flexibility index (Phi) is 4.34. The van der Waals surface area contributed by atoms with Gasteiger partial charge in [0.2, 0.25) is 0 Å². The van der Waals surface area contributed by atoms with E-state index in [2.05, 4.69) is 13.8 Å². The zero-order chi connectivity index (χ0) is 9.84. The Hall–Kier alpha value is 0.0600. The second kappa shape index (κ2) is 5.07. The summed E-state index contributed by atoms with van der Waals surface area (Å²) in [4.78, 5) is 0. The normalized spacial score (nSPS) is 30.6. The van der Waals surface area contributed by atoms with Gasteiger partial charge in [-0.15, -0.1) is 0 Å². The molecule has 13 heavy (non-hydrogen) atoms. The van der Waals surface area contributed by atoms with E-state index in [4.69, 9.17) is 0 Å². The van der Waals surface area contributed by atoms with Crippen LogP contribution < -0.4 is 0 Å². The molecule has 0 bridgehead atoms. The lowest BCUT2D eigenvalue weighted by molar-refractivity contribution is 0.133. The van der Waals surface area contributed by atoms with Crippen LogP contribution >= 0.6 is 7.80 Å². The van der Waals surface area contributed by atoms with Gasteiger partial charge in [0.1, 0.15) is 12.3 Å². The molecule has 1 N–H and O–H groups in total. The maximum absolute atomic E-state index is 11.8. The Labute approximate surface area is 81.5 Å². The van der Waals surface area contributed by atoms with Gasteiger partial charge in [0, 0.05) is 0 Å². The molecule has 0 amide bonds. The van der Waals surface area contributed by atoms with Crippen molar-refractivity contribution in [1.29, 1.82) is 0 Å². The van der Waals surface area contributed by atoms with Gasteiger partial charge in [-0.2, -0.15) is 0 Å². The summed E-state index contributed by atoms with van der Waals surface area (Å²) in [6, 6.07) is 0. The van der Waals surface area contributed by atoms with Crippen LogP contribution in [-0.2, 0) is 4.57 Å². The molecule has 0 aromatic heterocycles. The van der Waals surface area contributed by atoms with Crippen LogP contribution in [0.25, 0.3) is 0 Å². The Morgan fingerprint density at radius 1 is 1.38 bits per heavy atom. The zero-order valence-corrected chi connectivity index (χ0v) is 9.46. The first kappa shape index (κ1) is 11.1. The molecule has 2 nitrogen and oxygen atoms in total. The van der Waals surface area contributed by atoms with Crippen molar-refractivity contribution >= 4 is 7.80 Å². The van der Waals surface area contributed by atoms with Crippen molar-refractivity contribution in [3.05, 3.63) is 0 Å². The summed E-state index contributed by atoms with van der Waals surface area (Å²) < 4.78 is 11.8. The Morgan fingerprint density at radius 2 is 2.00 bits per heavy atom. The highest BCUT2D eigenvalue weighted by Gasteiger charge is 2.38. The van der Waals surface area contributed by atoms with E-state index in [0.29, 0.717) is 5.92 Å². The fourth-order valence-corrected chi connectivity index (χ4v) is 3.92. The second-order valence-corrected chi connectivity index (χ2v) is 6.28. The van der Waals surface area contributed by atoms with Gasteiger partial charge in [-0.1, -0.05) is 24.8 Å². The first-order chi connectivity index (χ1) is 6.11. The molecule has 1 fully saturated rings. The lowest BCUT2D eigenvalue weighted by Gasteiger charge is -2.20. The van der Waals surface area contributed by atoms with Crippen LogP contribution in [0.5, 0.6) is 0 Å². The van der Waals surface area contributed by atoms with E-state index in [1.54, 1.807) is 0 Å². The fourth-order valence-electron chi connectivity index (χ4n) is 1.92. The topological polar surface area (TPSA) is 37.3 Å². The first-order valence-electron chi connectivity index (χ1n) is 5.23. The Morgan fingerprint density at radius 3 is 2.54 bits per heavy atom. The molecule has 1 aliphatic carbocycles. The van der Waals surface area contributed by atoms with E-state index in [-0.39, 0.29) is 11.8 Å². The van der Waals surface area contributed by atoms with E-state index in [1.807, 2.05) is 0 Å². The van der Waals surface area contributed by atoms with Crippen LogP contribution in [0.15, 0.2) is 0 Å². The van der Waals surface area contributed by atoms with Crippen molar-refractivity contribution < 1.29 is 9.67 Å². The van der Waals surface area contributed by atoms with E-state index in [0.717, 1.165) is 31.8 Å². The van der Waals surface area contributed by atoms with Crippen molar-refractivity contribution in [2.24, 2.45) is 5.92 Å². The average molecular weight is 203 g/mol. The molecule has 1 aliphatic rings. The monoisotopic (exact) mass is 203 g/mol. The number of aliphatic hydroxyl groups excluding tert-OH is 1. The summed E-state index contributed by atoms with van der Waals surface area (Å²) in [5.41, 5.74) is 0.0890. The van der Waals surface area contributed by atoms with Crippen LogP contribution in [0.4, 0.5) is 0 Å². The molecule has 76 valence electrons. The van der Waals surface area contributed by atoms with Crippen LogP contribution in [0.2, 0.25) is 0 Å². The van der Waals surface area contributed by atoms with Crippen molar-refractivity contribution in [2.75, 3.05) is 6.16 Å². The van der Waals surface area contributed by atoms with Gasteiger partial charge >= 0.3 is 7.80 Å². The van der Waals surface area contributed by atoms with Gasteiger partial charge in [0.15, 0.2) is 5.66 Å². The Bertz CT molecular complexity index is 180. The molecule has 0 aromatic carbocycles. The summed E-state index contributed by atoms with van der Waals surface area (Å²) in [7, 11) is -1.18. The highest BCUT2D eigenvalue weighted by Crippen LogP contribution is 2.39. The third-order valence-corrected chi connectivity index (χ3v) is 5.04. The Balaban J connectivity index is 2.44. The highest BCUT2D eigenvalue weighted by atomic mass is 31.1. The van der Waals surface area contributed by atoms with Crippen LogP contribution in [-0.4, -0.2) is 23.0 Å². The lowest BCUT2D eigenvalue weighted by Crippen LogP contribution is -2.27. The number of hydrogen-bond acceptors (Lipinski definition) is 2. The number of rotatable bonds is 3. The quantitative estimate of drug-likeness (QED) is 0.716. The maximum Gasteiger partial charge on any atom is 0.344 e. The van der Waals surface area contributed by atoms with Gasteiger partial charge < -0.3 is 5.11 Å². The van der Waals surface area contributed by atoms with Gasteiger partial charge in [0.25, 0.3) is 0 Å². The minimum absolute atomic E-state index is 0.0890. The molecule has 0 heterocycles. The van der Waals surface area contributed by atoms with Crippen molar-refractivity contribution in [1.82, 2.24) is 0 Å². The summed E-state index contributed by atoms with van der Waals surface area (Å²) in [6.45, 7) is 4.17. The second-order valence-electron chi connectivity index (χ2n) is 4.41. The largest absolute Gasteiger partial charge is 0.388 e. The van der Waals surface area contributed by atoms with Crippen molar-refractivity contribution in [3.63, 3.8) is 0 Å². The molecule has 0 aromatic rings. The molecule has 0 aliphatic heterocycles. The number of aliphatic hydroxyl groups is 1. The minimum Gasteiger partial charge on any atom is -0.388 e. The van der Waals surface area contributed by atoms with Gasteiger partial charge in [-0.25, -0.2) is 0 Å². The third kappa shape index (κ3) is 3.36. The zero-order valence-electron chi connectivity index (χ0n) is 8.57. The molecular weight excluding hydrogens is 183 g/mol. The predicted molar refractivity (Wildman–Crippen MR) is 55.6 cm³/mol.